The zero-order valence-electron chi connectivity index (χ0n) is 16.7. The van der Waals surface area contributed by atoms with Crippen molar-refractivity contribution in [3.63, 3.8) is 0 Å². The monoisotopic (exact) mass is 386 g/mol. The van der Waals surface area contributed by atoms with Crippen LogP contribution in [0.5, 0.6) is 0 Å². The van der Waals surface area contributed by atoms with Crippen molar-refractivity contribution >= 4 is 17.3 Å². The van der Waals surface area contributed by atoms with Crippen LogP contribution < -0.4 is 10.2 Å². The summed E-state index contributed by atoms with van der Waals surface area (Å²) in [7, 11) is 0. The average molecular weight is 386 g/mol. The van der Waals surface area contributed by atoms with Gasteiger partial charge in [-0.1, -0.05) is 36.4 Å². The molecule has 5 rings (SSSR count). The van der Waals surface area contributed by atoms with E-state index in [2.05, 4.69) is 40.5 Å². The lowest BCUT2D eigenvalue weighted by Gasteiger charge is -2.30. The zero-order chi connectivity index (χ0) is 19.8. The fourth-order valence-corrected chi connectivity index (χ4v) is 3.90. The summed E-state index contributed by atoms with van der Waals surface area (Å²) in [5.74, 6) is 3.30. The van der Waals surface area contributed by atoms with Crippen LogP contribution in [-0.4, -0.2) is 21.6 Å². The number of hydrogen-bond acceptors (Lipinski definition) is 5. The molecule has 0 unspecified atom stereocenters. The Bertz CT molecular complexity index is 1010. The van der Waals surface area contributed by atoms with E-state index in [9.17, 15) is 5.11 Å². The molecule has 0 bridgehead atoms. The van der Waals surface area contributed by atoms with E-state index in [1.165, 1.54) is 24.0 Å². The molecule has 1 atom stereocenters. The topological polar surface area (TPSA) is 61.3 Å². The van der Waals surface area contributed by atoms with E-state index in [0.29, 0.717) is 5.92 Å². The number of nitrogens with zero attached hydrogens (tertiary/aromatic N) is 3. The summed E-state index contributed by atoms with van der Waals surface area (Å²) in [5, 5.41) is 13.3. The maximum Gasteiger partial charge on any atom is 0.136 e. The number of benzene rings is 2. The number of rotatable bonds is 5. The molecule has 1 aliphatic heterocycles. The maximum absolute atomic E-state index is 9.86. The summed E-state index contributed by atoms with van der Waals surface area (Å²) in [6.45, 7) is 3.57. The standard InChI is InChI=1S/C24H26N4O/c1-16(29)18-9-10-20-15-28(12-11-19(20)13-18)23-14-22(25-21-5-3-2-4-6-21)26-24(27-23)17-7-8-17/h2-6,9-10,13-14,16-17,29H,7-8,11-12,15H2,1H3,(H,25,26,27)/t16-/m0/s1. The largest absolute Gasteiger partial charge is 0.389 e. The van der Waals surface area contributed by atoms with Crippen LogP contribution in [0.3, 0.4) is 0 Å². The average Bonchev–Trinajstić information content (AvgIpc) is 3.59. The second-order valence-corrected chi connectivity index (χ2v) is 8.11. The molecule has 3 aromatic rings. The molecule has 0 spiro atoms. The molecule has 0 amide bonds. The van der Waals surface area contributed by atoms with Crippen LogP contribution in [0.25, 0.3) is 0 Å². The van der Waals surface area contributed by atoms with Crippen LogP contribution in [0.15, 0.2) is 54.6 Å². The van der Waals surface area contributed by atoms with Crippen molar-refractivity contribution in [2.75, 3.05) is 16.8 Å². The zero-order valence-corrected chi connectivity index (χ0v) is 16.7. The van der Waals surface area contributed by atoms with Gasteiger partial charge in [0.15, 0.2) is 0 Å². The molecule has 1 aromatic heterocycles. The molecule has 1 aliphatic carbocycles. The van der Waals surface area contributed by atoms with Crippen LogP contribution in [0.1, 0.15) is 54.3 Å². The summed E-state index contributed by atoms with van der Waals surface area (Å²) < 4.78 is 0. The quantitative estimate of drug-likeness (QED) is 0.665. The van der Waals surface area contributed by atoms with Gasteiger partial charge in [-0.15, -0.1) is 0 Å². The summed E-state index contributed by atoms with van der Waals surface area (Å²) in [6.07, 6.45) is 2.89. The number of aliphatic hydroxyl groups is 1. The number of aromatic nitrogens is 2. The first kappa shape index (κ1) is 18.1. The van der Waals surface area contributed by atoms with Gasteiger partial charge in [0.2, 0.25) is 0 Å². The van der Waals surface area contributed by atoms with Gasteiger partial charge >= 0.3 is 0 Å². The number of fused-ring (bicyclic) bond motifs is 1. The minimum atomic E-state index is -0.423. The fraction of sp³-hybridized carbons (Fsp3) is 0.333. The molecule has 2 heterocycles. The second-order valence-electron chi connectivity index (χ2n) is 8.11. The number of aliphatic hydroxyl groups excluding tert-OH is 1. The predicted octanol–water partition coefficient (Wildman–Crippen LogP) is 4.71. The van der Waals surface area contributed by atoms with E-state index in [1.54, 1.807) is 0 Å². The van der Waals surface area contributed by atoms with Crippen molar-refractivity contribution in [2.45, 2.75) is 44.8 Å². The highest BCUT2D eigenvalue weighted by atomic mass is 16.3. The van der Waals surface area contributed by atoms with Gasteiger partial charge in [0, 0.05) is 30.8 Å². The first-order valence-electron chi connectivity index (χ1n) is 10.4. The molecule has 2 N–H and O–H groups in total. The number of anilines is 3. The van der Waals surface area contributed by atoms with E-state index < -0.39 is 6.10 Å². The Morgan fingerprint density at radius 2 is 1.86 bits per heavy atom. The van der Waals surface area contributed by atoms with Gasteiger partial charge in [0.25, 0.3) is 0 Å². The lowest BCUT2D eigenvalue weighted by atomic mass is 9.96. The van der Waals surface area contributed by atoms with E-state index in [1.807, 2.05) is 31.2 Å². The molecule has 29 heavy (non-hydrogen) atoms. The van der Waals surface area contributed by atoms with Crippen LogP contribution in [0.4, 0.5) is 17.3 Å². The number of nitrogens with one attached hydrogen (secondary N) is 1. The lowest BCUT2D eigenvalue weighted by Crippen LogP contribution is -2.31. The Morgan fingerprint density at radius 3 is 2.62 bits per heavy atom. The molecular formula is C24H26N4O. The molecule has 1 fully saturated rings. The second kappa shape index (κ2) is 7.48. The molecule has 148 valence electrons. The predicted molar refractivity (Wildman–Crippen MR) is 116 cm³/mol. The highest BCUT2D eigenvalue weighted by Crippen LogP contribution is 2.39. The van der Waals surface area contributed by atoms with Gasteiger partial charge < -0.3 is 15.3 Å². The van der Waals surface area contributed by atoms with E-state index >= 15 is 0 Å². The normalized spacial score (nSPS) is 17.0. The van der Waals surface area contributed by atoms with Crippen LogP contribution >= 0.6 is 0 Å². The van der Waals surface area contributed by atoms with Crippen LogP contribution in [0, 0.1) is 0 Å². The Hall–Kier alpha value is -2.92. The minimum absolute atomic E-state index is 0.423. The van der Waals surface area contributed by atoms with Gasteiger partial charge in [-0.3, -0.25) is 0 Å². The summed E-state index contributed by atoms with van der Waals surface area (Å²) in [5.41, 5.74) is 4.67. The number of hydrogen-bond donors (Lipinski definition) is 2. The lowest BCUT2D eigenvalue weighted by molar-refractivity contribution is 0.199. The van der Waals surface area contributed by atoms with Gasteiger partial charge in [0.1, 0.15) is 17.5 Å². The van der Waals surface area contributed by atoms with Crippen molar-refractivity contribution in [3.05, 3.63) is 77.1 Å². The third-order valence-corrected chi connectivity index (χ3v) is 5.77. The first-order chi connectivity index (χ1) is 14.2. The molecule has 5 heteroatoms. The van der Waals surface area contributed by atoms with Crippen LogP contribution in [-0.2, 0) is 13.0 Å². The third kappa shape index (κ3) is 3.96. The van der Waals surface area contributed by atoms with Gasteiger partial charge in [0.05, 0.1) is 6.10 Å². The molecule has 5 nitrogen and oxygen atoms in total. The summed E-state index contributed by atoms with van der Waals surface area (Å²) in [6, 6.07) is 18.6. The molecule has 2 aromatic carbocycles. The van der Waals surface area contributed by atoms with E-state index in [0.717, 1.165) is 48.2 Å². The van der Waals surface area contributed by atoms with Gasteiger partial charge in [-0.25, -0.2) is 9.97 Å². The molecule has 0 radical (unpaired) electrons. The van der Waals surface area contributed by atoms with Crippen LogP contribution in [0.2, 0.25) is 0 Å². The first-order valence-corrected chi connectivity index (χ1v) is 10.4. The van der Waals surface area contributed by atoms with Gasteiger partial charge in [-0.05, 0) is 55.0 Å². The third-order valence-electron chi connectivity index (χ3n) is 5.77. The van der Waals surface area contributed by atoms with Crippen molar-refractivity contribution < 1.29 is 5.11 Å². The molecular weight excluding hydrogens is 360 g/mol. The summed E-state index contributed by atoms with van der Waals surface area (Å²) >= 11 is 0. The molecule has 1 saturated carbocycles. The molecule has 0 saturated heterocycles. The summed E-state index contributed by atoms with van der Waals surface area (Å²) in [4.78, 5) is 12.0. The van der Waals surface area contributed by atoms with Gasteiger partial charge in [-0.2, -0.15) is 0 Å². The Balaban J connectivity index is 1.43. The Labute approximate surface area is 171 Å². The highest BCUT2D eigenvalue weighted by Gasteiger charge is 2.28. The van der Waals surface area contributed by atoms with E-state index in [-0.39, 0.29) is 0 Å². The van der Waals surface area contributed by atoms with E-state index in [4.69, 9.17) is 9.97 Å². The van der Waals surface area contributed by atoms with Crippen molar-refractivity contribution in [2.24, 2.45) is 0 Å². The SMILES string of the molecule is C[C@H](O)c1ccc2c(c1)CCN(c1cc(Nc3ccccc3)nc(C3CC3)n1)C2. The maximum atomic E-state index is 9.86. The van der Waals surface area contributed by atoms with Crippen molar-refractivity contribution in [1.29, 1.82) is 0 Å². The van der Waals surface area contributed by atoms with Crippen molar-refractivity contribution in [1.82, 2.24) is 9.97 Å². The Morgan fingerprint density at radius 1 is 1.03 bits per heavy atom. The Kier molecular flexibility index (Phi) is 4.68. The fourth-order valence-electron chi connectivity index (χ4n) is 3.90. The molecule has 2 aliphatic rings. The smallest absolute Gasteiger partial charge is 0.136 e. The minimum Gasteiger partial charge on any atom is -0.389 e. The highest BCUT2D eigenvalue weighted by molar-refractivity contribution is 5.60. The number of para-hydroxylation sites is 1. The van der Waals surface area contributed by atoms with Crippen molar-refractivity contribution in [3.8, 4) is 0 Å².